The Balaban J connectivity index is 1.50. The number of nitrogens with zero attached hydrogens (tertiary/aromatic N) is 3. The topological polar surface area (TPSA) is 53.1 Å². The van der Waals surface area contributed by atoms with Gasteiger partial charge >= 0.3 is 6.09 Å². The van der Waals surface area contributed by atoms with Gasteiger partial charge in [0.1, 0.15) is 0 Å². The predicted octanol–water partition coefficient (Wildman–Crippen LogP) is 1.55. The van der Waals surface area contributed by atoms with Crippen LogP contribution in [0.25, 0.3) is 0 Å². The largest absolute Gasteiger partial charge is 0.450 e. The standard InChI is InChI=1S/C17H29N3O3/c1-3-23-16(22)20-9-5-14(12-20)19-10-7-17(8-11-19)6-4-15(21)18(2)13-17/h14H,3-13H2,1-2H3. The van der Waals surface area contributed by atoms with E-state index >= 15 is 0 Å². The zero-order chi connectivity index (χ0) is 16.4. The quantitative estimate of drug-likeness (QED) is 0.774. The van der Waals surface area contributed by atoms with Crippen LogP contribution in [0.4, 0.5) is 4.79 Å². The van der Waals surface area contributed by atoms with Crippen molar-refractivity contribution in [3.63, 3.8) is 0 Å². The van der Waals surface area contributed by atoms with Crippen LogP contribution in [0, 0.1) is 5.41 Å². The molecule has 3 heterocycles. The van der Waals surface area contributed by atoms with Crippen LogP contribution in [0.15, 0.2) is 0 Å². The summed E-state index contributed by atoms with van der Waals surface area (Å²) in [7, 11) is 1.93. The molecule has 3 aliphatic heterocycles. The summed E-state index contributed by atoms with van der Waals surface area (Å²) in [5.41, 5.74) is 0.332. The van der Waals surface area contributed by atoms with E-state index in [4.69, 9.17) is 4.74 Å². The van der Waals surface area contributed by atoms with Crippen molar-refractivity contribution < 1.29 is 14.3 Å². The number of ether oxygens (including phenoxy) is 1. The maximum absolute atomic E-state index is 11.8. The number of amides is 2. The van der Waals surface area contributed by atoms with Crippen molar-refractivity contribution in [2.75, 3.05) is 46.4 Å². The molecular formula is C17H29N3O3. The molecule has 0 aromatic rings. The maximum atomic E-state index is 11.8. The first-order valence-electron chi connectivity index (χ1n) is 8.93. The second-order valence-electron chi connectivity index (χ2n) is 7.37. The van der Waals surface area contributed by atoms with E-state index in [0.717, 1.165) is 45.6 Å². The normalized spacial score (nSPS) is 28.4. The highest BCUT2D eigenvalue weighted by Crippen LogP contribution is 2.40. The third kappa shape index (κ3) is 3.47. The fourth-order valence-electron chi connectivity index (χ4n) is 4.43. The highest BCUT2D eigenvalue weighted by molar-refractivity contribution is 5.76. The Bertz CT molecular complexity index is 460. The molecule has 0 aliphatic carbocycles. The van der Waals surface area contributed by atoms with Gasteiger partial charge in [-0.2, -0.15) is 0 Å². The lowest BCUT2D eigenvalue weighted by Gasteiger charge is -2.47. The SMILES string of the molecule is CCOC(=O)N1CCC(N2CCC3(CCC(=O)N(C)C3)CC2)C1. The Morgan fingerprint density at radius 3 is 2.65 bits per heavy atom. The Kier molecular flexibility index (Phi) is 4.80. The highest BCUT2D eigenvalue weighted by Gasteiger charge is 2.42. The predicted molar refractivity (Wildman–Crippen MR) is 87.1 cm³/mol. The van der Waals surface area contributed by atoms with E-state index < -0.39 is 0 Å². The van der Waals surface area contributed by atoms with Crippen LogP contribution in [0.2, 0.25) is 0 Å². The highest BCUT2D eigenvalue weighted by atomic mass is 16.6. The van der Waals surface area contributed by atoms with E-state index in [1.54, 1.807) is 0 Å². The molecule has 0 aromatic heterocycles. The molecule has 23 heavy (non-hydrogen) atoms. The van der Waals surface area contributed by atoms with Crippen LogP contribution in [0.1, 0.15) is 39.0 Å². The molecule has 3 saturated heterocycles. The van der Waals surface area contributed by atoms with Crippen molar-refractivity contribution in [2.45, 2.75) is 45.1 Å². The van der Waals surface area contributed by atoms with Crippen LogP contribution < -0.4 is 0 Å². The molecular weight excluding hydrogens is 294 g/mol. The van der Waals surface area contributed by atoms with Gasteiger partial charge in [0, 0.05) is 39.1 Å². The fourth-order valence-corrected chi connectivity index (χ4v) is 4.43. The summed E-state index contributed by atoms with van der Waals surface area (Å²) >= 11 is 0. The molecule has 0 N–H and O–H groups in total. The zero-order valence-corrected chi connectivity index (χ0v) is 14.4. The number of hydrogen-bond donors (Lipinski definition) is 0. The molecule has 3 fully saturated rings. The Morgan fingerprint density at radius 1 is 1.26 bits per heavy atom. The van der Waals surface area contributed by atoms with Gasteiger partial charge in [-0.25, -0.2) is 4.79 Å². The van der Waals surface area contributed by atoms with Crippen LogP contribution >= 0.6 is 0 Å². The van der Waals surface area contributed by atoms with Crippen LogP contribution in [0.3, 0.4) is 0 Å². The molecule has 1 spiro atoms. The van der Waals surface area contributed by atoms with Gasteiger partial charge in [0.05, 0.1) is 6.61 Å². The second-order valence-corrected chi connectivity index (χ2v) is 7.37. The molecule has 0 saturated carbocycles. The van der Waals surface area contributed by atoms with Gasteiger partial charge in [0.2, 0.25) is 5.91 Å². The molecule has 2 amide bonds. The van der Waals surface area contributed by atoms with Gasteiger partial charge < -0.3 is 14.5 Å². The summed E-state index contributed by atoms with van der Waals surface area (Å²) < 4.78 is 5.10. The maximum Gasteiger partial charge on any atom is 0.409 e. The first-order chi connectivity index (χ1) is 11.0. The van der Waals surface area contributed by atoms with Crippen molar-refractivity contribution in [3.8, 4) is 0 Å². The van der Waals surface area contributed by atoms with Crippen molar-refractivity contribution >= 4 is 12.0 Å². The lowest BCUT2D eigenvalue weighted by atomic mass is 9.72. The molecule has 6 heteroatoms. The van der Waals surface area contributed by atoms with E-state index in [9.17, 15) is 9.59 Å². The first kappa shape index (κ1) is 16.6. The summed E-state index contributed by atoms with van der Waals surface area (Å²) in [6.45, 7) is 6.98. The smallest absolute Gasteiger partial charge is 0.409 e. The summed E-state index contributed by atoms with van der Waals surface area (Å²) in [6.07, 6.45) is 4.96. The van der Waals surface area contributed by atoms with Gasteiger partial charge in [0.25, 0.3) is 0 Å². The van der Waals surface area contributed by atoms with Crippen LogP contribution in [-0.2, 0) is 9.53 Å². The minimum absolute atomic E-state index is 0.170. The zero-order valence-electron chi connectivity index (χ0n) is 14.4. The van der Waals surface area contributed by atoms with E-state index in [1.807, 2.05) is 23.8 Å². The van der Waals surface area contributed by atoms with Gasteiger partial charge in [-0.3, -0.25) is 9.69 Å². The average molecular weight is 323 g/mol. The molecule has 0 radical (unpaired) electrons. The number of carbonyl (C=O) groups excluding carboxylic acids is 2. The molecule has 3 rings (SSSR count). The van der Waals surface area contributed by atoms with E-state index in [0.29, 0.717) is 30.4 Å². The first-order valence-corrected chi connectivity index (χ1v) is 8.93. The van der Waals surface area contributed by atoms with E-state index in [2.05, 4.69) is 4.90 Å². The summed E-state index contributed by atoms with van der Waals surface area (Å²) in [4.78, 5) is 29.8. The number of hydrogen-bond acceptors (Lipinski definition) is 4. The molecule has 1 atom stereocenters. The van der Waals surface area contributed by atoms with Crippen molar-refractivity contribution in [1.82, 2.24) is 14.7 Å². The number of rotatable bonds is 2. The molecule has 0 aromatic carbocycles. The molecule has 6 nitrogen and oxygen atoms in total. The van der Waals surface area contributed by atoms with Gasteiger partial charge in [0.15, 0.2) is 0 Å². The number of likely N-dealkylation sites (tertiary alicyclic amines) is 3. The Labute approximate surface area is 138 Å². The summed E-state index contributed by atoms with van der Waals surface area (Å²) in [5, 5.41) is 0. The monoisotopic (exact) mass is 323 g/mol. The molecule has 1 unspecified atom stereocenters. The Hall–Kier alpha value is -1.30. The average Bonchev–Trinajstić information content (AvgIpc) is 3.02. The third-order valence-corrected chi connectivity index (χ3v) is 5.93. The molecule has 130 valence electrons. The van der Waals surface area contributed by atoms with Crippen molar-refractivity contribution in [3.05, 3.63) is 0 Å². The van der Waals surface area contributed by atoms with Crippen molar-refractivity contribution in [1.29, 1.82) is 0 Å². The lowest BCUT2D eigenvalue weighted by molar-refractivity contribution is -0.137. The molecule has 0 bridgehead atoms. The Morgan fingerprint density at radius 2 is 2.00 bits per heavy atom. The fraction of sp³-hybridized carbons (Fsp3) is 0.882. The van der Waals surface area contributed by atoms with Crippen LogP contribution in [0.5, 0.6) is 0 Å². The van der Waals surface area contributed by atoms with Crippen LogP contribution in [-0.4, -0.2) is 79.1 Å². The van der Waals surface area contributed by atoms with Crippen molar-refractivity contribution in [2.24, 2.45) is 5.41 Å². The minimum atomic E-state index is -0.170. The minimum Gasteiger partial charge on any atom is -0.450 e. The molecule has 3 aliphatic rings. The third-order valence-electron chi connectivity index (χ3n) is 5.93. The van der Waals surface area contributed by atoms with Gasteiger partial charge in [-0.1, -0.05) is 0 Å². The van der Waals surface area contributed by atoms with E-state index in [1.165, 1.54) is 12.8 Å². The van der Waals surface area contributed by atoms with E-state index in [-0.39, 0.29) is 6.09 Å². The van der Waals surface area contributed by atoms with Gasteiger partial charge in [-0.05, 0) is 51.1 Å². The lowest BCUT2D eigenvalue weighted by Crippen LogP contribution is -2.52. The second kappa shape index (κ2) is 6.67. The number of piperidine rings is 2. The van der Waals surface area contributed by atoms with Gasteiger partial charge in [-0.15, -0.1) is 0 Å². The summed E-state index contributed by atoms with van der Waals surface area (Å²) in [5.74, 6) is 0.291. The number of carbonyl (C=O) groups is 2. The summed E-state index contributed by atoms with van der Waals surface area (Å²) in [6, 6.07) is 0.472.